The molecule has 2 rings (SSSR count). The van der Waals surface area contributed by atoms with Crippen LogP contribution in [-0.2, 0) is 14.8 Å². The molecule has 0 unspecified atom stereocenters. The Hall–Kier alpha value is -2.74. The van der Waals surface area contributed by atoms with Gasteiger partial charge in [0.25, 0.3) is 0 Å². The largest absolute Gasteiger partial charge is 0.497 e. The fraction of sp³-hybridized carbons (Fsp3) is 0.316. The lowest BCUT2D eigenvalue weighted by molar-refractivity contribution is -0.116. The summed E-state index contributed by atoms with van der Waals surface area (Å²) in [6.07, 6.45) is 1.07. The third-order valence-electron chi connectivity index (χ3n) is 3.83. The van der Waals surface area contributed by atoms with Gasteiger partial charge in [-0.3, -0.25) is 9.10 Å². The Morgan fingerprint density at radius 2 is 1.81 bits per heavy atom. The summed E-state index contributed by atoms with van der Waals surface area (Å²) in [6.45, 7) is 3.91. The van der Waals surface area contributed by atoms with E-state index in [0.29, 0.717) is 29.5 Å². The molecule has 1 N–H and O–H groups in total. The highest BCUT2D eigenvalue weighted by molar-refractivity contribution is 7.92. The molecule has 27 heavy (non-hydrogen) atoms. The lowest BCUT2D eigenvalue weighted by Crippen LogP contribution is -2.45. The van der Waals surface area contributed by atoms with E-state index < -0.39 is 22.0 Å². The van der Waals surface area contributed by atoms with E-state index >= 15 is 0 Å². The summed E-state index contributed by atoms with van der Waals surface area (Å²) in [5.74, 6) is 0.762. The highest BCUT2D eigenvalue weighted by Crippen LogP contribution is 2.25. The summed E-state index contributed by atoms with van der Waals surface area (Å²) in [5, 5.41) is 2.72. The number of methoxy groups -OCH3 is 1. The molecule has 0 aliphatic heterocycles. The van der Waals surface area contributed by atoms with Gasteiger partial charge < -0.3 is 14.8 Å². The summed E-state index contributed by atoms with van der Waals surface area (Å²) in [4.78, 5) is 12.7. The average molecular weight is 392 g/mol. The number of rotatable bonds is 8. The summed E-state index contributed by atoms with van der Waals surface area (Å²) >= 11 is 0. The molecule has 8 heteroatoms. The molecule has 0 fully saturated rings. The molecule has 2 aromatic rings. The SMILES string of the molecule is CCOc1ccc(N([C@@H](C)C(=O)Nc2cccc(OC)c2)S(C)(=O)=O)cc1. The minimum Gasteiger partial charge on any atom is -0.497 e. The second-order valence-electron chi connectivity index (χ2n) is 5.88. The minimum atomic E-state index is -3.69. The molecule has 1 atom stereocenters. The Morgan fingerprint density at radius 1 is 1.15 bits per heavy atom. The van der Waals surface area contributed by atoms with Crippen molar-refractivity contribution in [2.75, 3.05) is 29.6 Å². The summed E-state index contributed by atoms with van der Waals surface area (Å²) in [6, 6.07) is 12.5. The zero-order valence-electron chi connectivity index (χ0n) is 15.8. The van der Waals surface area contributed by atoms with Gasteiger partial charge in [0.05, 0.1) is 25.7 Å². The monoisotopic (exact) mass is 392 g/mol. The maximum atomic E-state index is 12.7. The first-order chi connectivity index (χ1) is 12.8. The molecule has 7 nitrogen and oxygen atoms in total. The topological polar surface area (TPSA) is 84.9 Å². The summed E-state index contributed by atoms with van der Waals surface area (Å²) in [7, 11) is -2.16. The predicted molar refractivity (Wildman–Crippen MR) is 106 cm³/mol. The lowest BCUT2D eigenvalue weighted by atomic mass is 10.2. The van der Waals surface area contributed by atoms with E-state index in [-0.39, 0.29) is 0 Å². The summed E-state index contributed by atoms with van der Waals surface area (Å²) < 4.78 is 36.3. The highest BCUT2D eigenvalue weighted by atomic mass is 32.2. The molecular weight excluding hydrogens is 368 g/mol. The first-order valence-corrected chi connectivity index (χ1v) is 10.3. The van der Waals surface area contributed by atoms with Gasteiger partial charge in [-0.2, -0.15) is 0 Å². The van der Waals surface area contributed by atoms with Gasteiger partial charge in [-0.05, 0) is 50.2 Å². The van der Waals surface area contributed by atoms with Crippen LogP contribution in [0.3, 0.4) is 0 Å². The van der Waals surface area contributed by atoms with Crippen LogP contribution in [0.5, 0.6) is 11.5 Å². The average Bonchev–Trinajstić information content (AvgIpc) is 2.62. The first-order valence-electron chi connectivity index (χ1n) is 8.43. The maximum Gasteiger partial charge on any atom is 0.247 e. The van der Waals surface area contributed by atoms with Crippen molar-refractivity contribution in [2.45, 2.75) is 19.9 Å². The fourth-order valence-electron chi connectivity index (χ4n) is 2.61. The number of carbonyl (C=O) groups excluding carboxylic acids is 1. The molecule has 1 amide bonds. The van der Waals surface area contributed by atoms with Crippen LogP contribution in [0.25, 0.3) is 0 Å². The number of amides is 1. The number of carbonyl (C=O) groups is 1. The fourth-order valence-corrected chi connectivity index (χ4v) is 3.79. The van der Waals surface area contributed by atoms with Crippen molar-refractivity contribution in [3.05, 3.63) is 48.5 Å². The van der Waals surface area contributed by atoms with Gasteiger partial charge in [-0.25, -0.2) is 8.42 Å². The first kappa shape index (κ1) is 20.6. The number of nitrogens with zero attached hydrogens (tertiary/aromatic N) is 1. The van der Waals surface area contributed by atoms with Gasteiger partial charge in [0.1, 0.15) is 17.5 Å². The zero-order chi connectivity index (χ0) is 20.0. The number of hydrogen-bond donors (Lipinski definition) is 1. The lowest BCUT2D eigenvalue weighted by Gasteiger charge is -2.28. The molecule has 0 radical (unpaired) electrons. The Kier molecular flexibility index (Phi) is 6.68. The molecule has 0 bridgehead atoms. The number of benzene rings is 2. The van der Waals surface area contributed by atoms with Crippen LogP contribution in [0.15, 0.2) is 48.5 Å². The van der Waals surface area contributed by atoms with Crippen LogP contribution in [0.1, 0.15) is 13.8 Å². The maximum absolute atomic E-state index is 12.7. The zero-order valence-corrected chi connectivity index (χ0v) is 16.6. The Labute approximate surface area is 160 Å². The molecule has 0 saturated carbocycles. The second-order valence-corrected chi connectivity index (χ2v) is 7.74. The van der Waals surface area contributed by atoms with Gasteiger partial charge in [0.2, 0.25) is 15.9 Å². The van der Waals surface area contributed by atoms with E-state index in [0.717, 1.165) is 10.6 Å². The van der Waals surface area contributed by atoms with Crippen LogP contribution < -0.4 is 19.1 Å². The third-order valence-corrected chi connectivity index (χ3v) is 5.07. The van der Waals surface area contributed by atoms with E-state index in [1.165, 1.54) is 14.0 Å². The Balaban J connectivity index is 2.26. The van der Waals surface area contributed by atoms with Crippen LogP contribution in [0.2, 0.25) is 0 Å². The van der Waals surface area contributed by atoms with Crippen molar-refractivity contribution in [3.8, 4) is 11.5 Å². The number of sulfonamides is 1. The van der Waals surface area contributed by atoms with Crippen molar-refractivity contribution in [1.29, 1.82) is 0 Å². The molecule has 2 aromatic carbocycles. The molecular formula is C19H24N2O5S. The molecule has 0 heterocycles. The van der Waals surface area contributed by atoms with Crippen molar-refractivity contribution in [1.82, 2.24) is 0 Å². The third kappa shape index (κ3) is 5.37. The quantitative estimate of drug-likeness (QED) is 0.747. The van der Waals surface area contributed by atoms with E-state index in [4.69, 9.17) is 9.47 Å². The van der Waals surface area contributed by atoms with Crippen molar-refractivity contribution in [3.63, 3.8) is 0 Å². The highest BCUT2D eigenvalue weighted by Gasteiger charge is 2.29. The normalized spacial score (nSPS) is 12.1. The Morgan fingerprint density at radius 3 is 2.37 bits per heavy atom. The number of hydrogen-bond acceptors (Lipinski definition) is 5. The van der Waals surface area contributed by atoms with Gasteiger partial charge in [0.15, 0.2) is 0 Å². The van der Waals surface area contributed by atoms with Crippen LogP contribution >= 0.6 is 0 Å². The molecule has 0 aliphatic carbocycles. The standard InChI is InChI=1S/C19H24N2O5S/c1-5-26-17-11-9-16(10-12-17)21(27(4,23)24)14(2)19(22)20-15-7-6-8-18(13-15)25-3/h6-14H,5H2,1-4H3,(H,20,22)/t14-/m0/s1. The molecule has 0 aromatic heterocycles. The predicted octanol–water partition coefficient (Wildman–Crippen LogP) is 2.89. The number of nitrogens with one attached hydrogen (secondary N) is 1. The summed E-state index contributed by atoms with van der Waals surface area (Å²) in [5.41, 5.74) is 0.903. The van der Waals surface area contributed by atoms with E-state index in [2.05, 4.69) is 5.32 Å². The minimum absolute atomic E-state index is 0.384. The van der Waals surface area contributed by atoms with E-state index in [1.54, 1.807) is 48.5 Å². The van der Waals surface area contributed by atoms with Crippen LogP contribution in [0.4, 0.5) is 11.4 Å². The van der Waals surface area contributed by atoms with Crippen LogP contribution in [0, 0.1) is 0 Å². The van der Waals surface area contributed by atoms with Gasteiger partial charge in [0, 0.05) is 11.8 Å². The smallest absolute Gasteiger partial charge is 0.247 e. The van der Waals surface area contributed by atoms with E-state index in [1.807, 2.05) is 6.92 Å². The van der Waals surface area contributed by atoms with Crippen molar-refractivity contribution < 1.29 is 22.7 Å². The van der Waals surface area contributed by atoms with Gasteiger partial charge >= 0.3 is 0 Å². The molecule has 0 aliphatic rings. The van der Waals surface area contributed by atoms with E-state index in [9.17, 15) is 13.2 Å². The Bertz CT molecular complexity index is 881. The molecule has 0 spiro atoms. The van der Waals surface area contributed by atoms with Crippen molar-refractivity contribution >= 4 is 27.3 Å². The molecule has 0 saturated heterocycles. The second kappa shape index (κ2) is 8.77. The number of ether oxygens (including phenoxy) is 2. The van der Waals surface area contributed by atoms with Crippen LogP contribution in [-0.4, -0.2) is 40.3 Å². The van der Waals surface area contributed by atoms with Gasteiger partial charge in [-0.15, -0.1) is 0 Å². The number of anilines is 2. The molecule has 146 valence electrons. The van der Waals surface area contributed by atoms with Gasteiger partial charge in [-0.1, -0.05) is 6.07 Å². The van der Waals surface area contributed by atoms with Crippen molar-refractivity contribution in [2.24, 2.45) is 0 Å².